The first-order valence-electron chi connectivity index (χ1n) is 8.03. The lowest BCUT2D eigenvalue weighted by molar-refractivity contribution is 0.146. The van der Waals surface area contributed by atoms with E-state index in [0.29, 0.717) is 19.0 Å². The van der Waals surface area contributed by atoms with Crippen LogP contribution >= 0.6 is 0 Å². The van der Waals surface area contributed by atoms with Crippen LogP contribution in [0.3, 0.4) is 0 Å². The van der Waals surface area contributed by atoms with Crippen molar-refractivity contribution in [3.05, 3.63) is 40.6 Å². The van der Waals surface area contributed by atoms with Gasteiger partial charge in [0.25, 0.3) is 0 Å². The fourth-order valence-electron chi connectivity index (χ4n) is 3.36. The summed E-state index contributed by atoms with van der Waals surface area (Å²) in [5.74, 6) is 1.68. The number of hydrazine groups is 1. The third kappa shape index (κ3) is 2.99. The quantitative estimate of drug-likeness (QED) is 0.684. The number of nitrogens with two attached hydrogens (primary N) is 2. The molecule has 1 unspecified atom stereocenters. The Morgan fingerprint density at radius 3 is 2.56 bits per heavy atom. The highest BCUT2D eigenvalue weighted by atomic mass is 16.5. The van der Waals surface area contributed by atoms with Gasteiger partial charge in [-0.2, -0.15) is 4.98 Å². The summed E-state index contributed by atoms with van der Waals surface area (Å²) in [5, 5.41) is 1.77. The van der Waals surface area contributed by atoms with Crippen LogP contribution in [-0.2, 0) is 10.4 Å². The van der Waals surface area contributed by atoms with Crippen LogP contribution in [0.2, 0.25) is 0 Å². The van der Waals surface area contributed by atoms with E-state index in [2.05, 4.69) is 15.4 Å². The van der Waals surface area contributed by atoms with Crippen molar-refractivity contribution in [2.75, 3.05) is 38.1 Å². The van der Waals surface area contributed by atoms with Gasteiger partial charge in [-0.1, -0.05) is 0 Å². The molecule has 0 fully saturated rings. The molecule has 8 heteroatoms. The molecule has 0 saturated heterocycles. The van der Waals surface area contributed by atoms with Crippen LogP contribution in [0.25, 0.3) is 0 Å². The van der Waals surface area contributed by atoms with Gasteiger partial charge in [-0.05, 0) is 42.7 Å². The maximum atomic E-state index is 6.77. The minimum absolute atomic E-state index is 0.215. The summed E-state index contributed by atoms with van der Waals surface area (Å²) in [6, 6.07) is 3.95. The molecule has 8 nitrogen and oxygen atoms in total. The Labute approximate surface area is 147 Å². The van der Waals surface area contributed by atoms with E-state index in [1.165, 1.54) is 0 Å². The number of nitrogens with zero attached hydrogens (tertiary/aromatic N) is 3. The summed E-state index contributed by atoms with van der Waals surface area (Å²) in [4.78, 5) is 8.41. The summed E-state index contributed by atoms with van der Waals surface area (Å²) in [5.41, 5.74) is 18.6. The zero-order chi connectivity index (χ0) is 18.2. The molecule has 1 aliphatic heterocycles. The first-order valence-corrected chi connectivity index (χ1v) is 8.03. The molecule has 0 amide bonds. The molecule has 3 rings (SSSR count). The van der Waals surface area contributed by atoms with Crippen LogP contribution in [0.15, 0.2) is 18.3 Å². The van der Waals surface area contributed by atoms with Crippen molar-refractivity contribution in [1.29, 1.82) is 0 Å². The minimum Gasteiger partial charge on any atom is -0.491 e. The molecule has 134 valence electrons. The van der Waals surface area contributed by atoms with Gasteiger partial charge in [-0.25, -0.2) is 10.4 Å². The molecule has 1 aliphatic rings. The molecule has 0 saturated carbocycles. The van der Waals surface area contributed by atoms with Crippen molar-refractivity contribution in [2.45, 2.75) is 19.5 Å². The number of methoxy groups -OCH3 is 1. The molecule has 0 aliphatic carbocycles. The molecule has 1 aromatic carbocycles. The van der Waals surface area contributed by atoms with Gasteiger partial charge in [-0.3, -0.25) is 5.01 Å². The second kappa shape index (κ2) is 6.47. The summed E-state index contributed by atoms with van der Waals surface area (Å²) < 4.78 is 10.7. The first kappa shape index (κ1) is 17.4. The number of aromatic nitrogens is 2. The zero-order valence-electron chi connectivity index (χ0n) is 15.0. The van der Waals surface area contributed by atoms with Crippen LogP contribution in [0.5, 0.6) is 5.75 Å². The Morgan fingerprint density at radius 2 is 1.92 bits per heavy atom. The number of nitrogens with one attached hydrogen (secondary N) is 1. The molecule has 25 heavy (non-hydrogen) atoms. The van der Waals surface area contributed by atoms with Crippen molar-refractivity contribution in [3.63, 3.8) is 0 Å². The van der Waals surface area contributed by atoms with Crippen LogP contribution in [-0.4, -0.2) is 37.3 Å². The molecule has 0 bridgehead atoms. The number of rotatable bonds is 5. The van der Waals surface area contributed by atoms with Gasteiger partial charge in [0, 0.05) is 20.4 Å². The maximum absolute atomic E-state index is 6.77. The smallest absolute Gasteiger partial charge is 0.221 e. The maximum Gasteiger partial charge on any atom is 0.221 e. The van der Waals surface area contributed by atoms with E-state index in [0.717, 1.165) is 28.0 Å². The van der Waals surface area contributed by atoms with Gasteiger partial charge in [0.1, 0.15) is 18.0 Å². The molecule has 2 aromatic rings. The van der Waals surface area contributed by atoms with Crippen molar-refractivity contribution in [3.8, 4) is 5.75 Å². The van der Waals surface area contributed by atoms with E-state index in [4.69, 9.17) is 20.9 Å². The largest absolute Gasteiger partial charge is 0.491 e. The van der Waals surface area contributed by atoms with E-state index in [1.807, 2.05) is 33.0 Å². The fraction of sp³-hybridized carbons (Fsp3) is 0.412. The van der Waals surface area contributed by atoms with Gasteiger partial charge in [-0.15, -0.1) is 0 Å². The van der Waals surface area contributed by atoms with Gasteiger partial charge in [0.15, 0.2) is 5.82 Å². The molecule has 2 heterocycles. The molecule has 5 N–H and O–H groups in total. The molecular weight excluding hydrogens is 320 g/mol. The van der Waals surface area contributed by atoms with Crippen molar-refractivity contribution in [1.82, 2.24) is 15.4 Å². The lowest BCUT2D eigenvalue weighted by Crippen LogP contribution is -2.52. The Kier molecular flexibility index (Phi) is 4.51. The summed E-state index contributed by atoms with van der Waals surface area (Å²) in [6.07, 6.45) is 1.68. The second-order valence-corrected chi connectivity index (χ2v) is 6.22. The van der Waals surface area contributed by atoms with Crippen molar-refractivity contribution in [2.24, 2.45) is 5.73 Å². The lowest BCUT2D eigenvalue weighted by Gasteiger charge is -2.30. The average Bonchev–Trinajstić information content (AvgIpc) is 2.78. The number of fused-ring (bicyclic) bond motifs is 1. The van der Waals surface area contributed by atoms with Gasteiger partial charge < -0.3 is 20.9 Å². The summed E-state index contributed by atoms with van der Waals surface area (Å²) in [6.45, 7) is 5.06. The summed E-state index contributed by atoms with van der Waals surface area (Å²) in [7, 11) is 3.50. The normalized spacial score (nSPS) is 19.2. The number of aryl methyl sites for hydroxylation is 2. The number of hydrogen-bond acceptors (Lipinski definition) is 8. The Hall–Kier alpha value is -2.42. The molecule has 0 radical (unpaired) electrons. The fourth-order valence-corrected chi connectivity index (χ4v) is 3.36. The molecule has 1 aromatic heterocycles. The Balaban J connectivity index is 2.02. The summed E-state index contributed by atoms with van der Waals surface area (Å²) >= 11 is 0. The number of hydrogen-bond donors (Lipinski definition) is 3. The highest BCUT2D eigenvalue weighted by Gasteiger charge is 2.43. The van der Waals surface area contributed by atoms with Crippen LogP contribution < -0.4 is 26.6 Å². The van der Waals surface area contributed by atoms with Crippen LogP contribution in [0, 0.1) is 13.8 Å². The second-order valence-electron chi connectivity index (χ2n) is 6.22. The molecule has 0 spiro atoms. The monoisotopic (exact) mass is 344 g/mol. The predicted molar refractivity (Wildman–Crippen MR) is 96.2 cm³/mol. The molecule has 1 atom stereocenters. The Morgan fingerprint density at radius 1 is 1.24 bits per heavy atom. The SMILES string of the molecule is COCCOc1cc(C)c(C2(N)NN(C)c3nc(N)ncc32)c(C)c1. The predicted octanol–water partition coefficient (Wildman–Crippen LogP) is 0.815. The Bertz CT molecular complexity index is 774. The highest BCUT2D eigenvalue weighted by Crippen LogP contribution is 2.39. The number of nitrogen functional groups attached to an aromatic ring is 1. The van der Waals surface area contributed by atoms with E-state index in [9.17, 15) is 0 Å². The number of benzene rings is 1. The number of ether oxygens (including phenoxy) is 2. The zero-order valence-corrected chi connectivity index (χ0v) is 15.0. The van der Waals surface area contributed by atoms with Gasteiger partial charge in [0.05, 0.1) is 12.2 Å². The van der Waals surface area contributed by atoms with Crippen molar-refractivity contribution >= 4 is 11.8 Å². The van der Waals surface area contributed by atoms with Crippen LogP contribution in [0.4, 0.5) is 11.8 Å². The van der Waals surface area contributed by atoms with Crippen molar-refractivity contribution < 1.29 is 9.47 Å². The minimum atomic E-state index is -0.934. The van der Waals surface area contributed by atoms with Crippen LogP contribution in [0.1, 0.15) is 22.3 Å². The lowest BCUT2D eigenvalue weighted by atomic mass is 9.87. The van der Waals surface area contributed by atoms with E-state index >= 15 is 0 Å². The molecular formula is C17H24N6O2. The topological polar surface area (TPSA) is 112 Å². The van der Waals surface area contributed by atoms with Gasteiger partial charge >= 0.3 is 0 Å². The standard InChI is InChI=1S/C17H24N6O2/c1-10-7-12(25-6-5-24-4)8-11(2)14(10)17(19)13-9-20-16(18)21-15(13)23(3)22-17/h7-9,22H,5-6,19H2,1-4H3,(H2,18,20,21). The highest BCUT2D eigenvalue weighted by molar-refractivity contribution is 5.61. The van der Waals surface area contributed by atoms with E-state index < -0.39 is 5.66 Å². The first-order chi connectivity index (χ1) is 11.9. The average molecular weight is 344 g/mol. The van der Waals surface area contributed by atoms with E-state index in [-0.39, 0.29) is 5.95 Å². The van der Waals surface area contributed by atoms with E-state index in [1.54, 1.807) is 18.3 Å². The number of anilines is 2. The van der Waals surface area contributed by atoms with Gasteiger partial charge in [0.2, 0.25) is 5.95 Å². The third-order valence-corrected chi connectivity index (χ3v) is 4.33. The third-order valence-electron chi connectivity index (χ3n) is 4.33.